The van der Waals surface area contributed by atoms with E-state index in [1.165, 1.54) is 100 Å². The lowest BCUT2D eigenvalue weighted by molar-refractivity contribution is 0.171. The third-order valence-corrected chi connectivity index (χ3v) is 15.3. The molecule has 3 aliphatic rings. The van der Waals surface area contributed by atoms with Crippen molar-refractivity contribution in [3.63, 3.8) is 0 Å². The molecule has 0 unspecified atom stereocenters. The van der Waals surface area contributed by atoms with E-state index in [4.69, 9.17) is 9.47 Å². The first-order valence-electron chi connectivity index (χ1n) is 26.0. The average Bonchev–Trinajstić information content (AvgIpc) is 3.34. The molecular weight excluding hydrogens is 876 g/mol. The zero-order chi connectivity index (χ0) is 50.6. The molecule has 0 radical (unpaired) electrons. The summed E-state index contributed by atoms with van der Waals surface area (Å²) < 4.78 is 12.3. The van der Waals surface area contributed by atoms with Crippen LogP contribution in [0.1, 0.15) is 111 Å². The maximum Gasteiger partial charge on any atom is 0.252 e. The Morgan fingerprint density at radius 3 is 1.32 bits per heavy atom. The number of anilines is 6. The summed E-state index contributed by atoms with van der Waals surface area (Å²) in [4.78, 5) is 5.07. The van der Waals surface area contributed by atoms with Crippen LogP contribution in [0.25, 0.3) is 33.4 Å². The van der Waals surface area contributed by atoms with Crippen molar-refractivity contribution in [2.45, 2.75) is 112 Å². The molecule has 72 heavy (non-hydrogen) atoms. The molecule has 0 aliphatic carbocycles. The van der Waals surface area contributed by atoms with Crippen LogP contribution in [-0.2, 0) is 21.7 Å². The number of fused-ring (bicyclic) bond motifs is 5. The van der Waals surface area contributed by atoms with Crippen LogP contribution < -0.4 is 35.7 Å². The van der Waals surface area contributed by atoms with Crippen LogP contribution in [0.3, 0.4) is 0 Å². The minimum atomic E-state index is -0.0626. The van der Waals surface area contributed by atoms with Crippen LogP contribution in [0.5, 0.6) is 11.5 Å². The smallest absolute Gasteiger partial charge is 0.252 e. The monoisotopic (exact) mass is 945 g/mol. The Bertz CT molecular complexity index is 3320. The van der Waals surface area contributed by atoms with Crippen LogP contribution in [-0.4, -0.2) is 19.9 Å². The second-order valence-corrected chi connectivity index (χ2v) is 24.7. The van der Waals surface area contributed by atoms with Crippen LogP contribution in [0.15, 0.2) is 158 Å². The molecule has 5 heteroatoms. The van der Waals surface area contributed by atoms with E-state index in [1.807, 2.05) is 0 Å². The van der Waals surface area contributed by atoms with Gasteiger partial charge >= 0.3 is 0 Å². The molecule has 362 valence electrons. The van der Waals surface area contributed by atoms with Gasteiger partial charge in [-0.3, -0.25) is 0 Å². The van der Waals surface area contributed by atoms with E-state index in [1.54, 1.807) is 0 Å². The second-order valence-electron chi connectivity index (χ2n) is 24.7. The topological polar surface area (TPSA) is 24.9 Å². The van der Waals surface area contributed by atoms with Crippen LogP contribution in [0, 0.1) is 6.92 Å². The number of aryl methyl sites for hydroxylation is 1. The summed E-state index contributed by atoms with van der Waals surface area (Å²) in [7, 11) is 0. The highest BCUT2D eigenvalue weighted by atomic mass is 16.6. The minimum Gasteiger partial charge on any atom is -0.486 e. The van der Waals surface area contributed by atoms with Gasteiger partial charge in [0.2, 0.25) is 0 Å². The molecular formula is C67H69BN2O2. The fourth-order valence-corrected chi connectivity index (χ4v) is 11.1. The van der Waals surface area contributed by atoms with Crippen molar-refractivity contribution < 1.29 is 9.47 Å². The SMILES string of the molecule is Cc1cc2c3c(c1)N(c1cc(-c4ccc(C(C)(C)C)cc4)cc(-c4ccc(C(C)(C)C)cc4)c1)c1cc(-c4ccc(C(C)(C)C)cc4)ccc1B3c1cc(C(C)(C)C)ccc1N2c1ccc2c(c1)OCCO2. The third-order valence-electron chi connectivity index (χ3n) is 15.3. The van der Waals surface area contributed by atoms with Crippen molar-refractivity contribution in [3.8, 4) is 44.9 Å². The van der Waals surface area contributed by atoms with Gasteiger partial charge in [-0.15, -0.1) is 0 Å². The Morgan fingerprint density at radius 1 is 0.347 bits per heavy atom. The molecule has 0 saturated carbocycles. The van der Waals surface area contributed by atoms with E-state index in [-0.39, 0.29) is 28.4 Å². The van der Waals surface area contributed by atoms with Gasteiger partial charge in [-0.1, -0.05) is 180 Å². The Labute approximate surface area is 429 Å². The van der Waals surface area contributed by atoms with Gasteiger partial charge in [0.05, 0.1) is 5.69 Å². The van der Waals surface area contributed by atoms with Crippen molar-refractivity contribution in [3.05, 3.63) is 186 Å². The Balaban J connectivity index is 1.20. The largest absolute Gasteiger partial charge is 0.486 e. The number of hydrogen-bond acceptors (Lipinski definition) is 4. The first-order chi connectivity index (χ1) is 34.1. The standard InChI is InChI=1S/C67H69BN2O2/c1-42-34-59-63-60(35-42)70(54-37-47(44-16-23-50(24-17-44)65(5,6)7)36-48(38-54)45-18-25-51(26-19-45)66(8,9)10)58-39-46(43-14-21-49(22-15-43)64(2,3)4)20-29-55(58)68(63)56-40-52(67(11,12)13)27-30-57(56)69(59)53-28-31-61-62(41-53)72-33-32-71-61/h14-31,34-41H,32-33H2,1-13H3. The molecule has 0 amide bonds. The fourth-order valence-electron chi connectivity index (χ4n) is 11.1. The van der Waals surface area contributed by atoms with Crippen LogP contribution >= 0.6 is 0 Å². The number of ether oxygens (including phenoxy) is 2. The van der Waals surface area contributed by atoms with Gasteiger partial charge in [0.15, 0.2) is 11.5 Å². The van der Waals surface area contributed by atoms with E-state index >= 15 is 0 Å². The summed E-state index contributed by atoms with van der Waals surface area (Å²) >= 11 is 0. The summed E-state index contributed by atoms with van der Waals surface area (Å²) in [5, 5.41) is 0. The summed E-state index contributed by atoms with van der Waals surface area (Å²) in [5.41, 5.74) is 24.5. The van der Waals surface area contributed by atoms with Crippen molar-refractivity contribution in [1.29, 1.82) is 0 Å². The van der Waals surface area contributed by atoms with Crippen molar-refractivity contribution >= 4 is 57.2 Å². The third kappa shape index (κ3) is 8.49. The summed E-state index contributed by atoms with van der Waals surface area (Å²) in [6, 6.07) is 60.7. The summed E-state index contributed by atoms with van der Waals surface area (Å²) in [5.74, 6) is 1.57. The normalized spacial score (nSPS) is 14.2. The molecule has 0 atom stereocenters. The van der Waals surface area contributed by atoms with Gasteiger partial charge in [-0.05, 0) is 161 Å². The van der Waals surface area contributed by atoms with E-state index in [0.29, 0.717) is 13.2 Å². The number of hydrogen-bond donors (Lipinski definition) is 0. The van der Waals surface area contributed by atoms with Gasteiger partial charge in [-0.25, -0.2) is 0 Å². The summed E-state index contributed by atoms with van der Waals surface area (Å²) in [6.45, 7) is 30.8. The maximum atomic E-state index is 6.27. The van der Waals surface area contributed by atoms with Gasteiger partial charge in [0, 0.05) is 34.5 Å². The molecule has 0 saturated heterocycles. The predicted molar refractivity (Wildman–Crippen MR) is 307 cm³/mol. The zero-order valence-electron chi connectivity index (χ0n) is 44.7. The Morgan fingerprint density at radius 2 is 0.806 bits per heavy atom. The van der Waals surface area contributed by atoms with E-state index in [2.05, 4.69) is 258 Å². The van der Waals surface area contributed by atoms with E-state index < -0.39 is 0 Å². The lowest BCUT2D eigenvalue weighted by atomic mass is 9.33. The quantitative estimate of drug-likeness (QED) is 0.161. The highest BCUT2D eigenvalue weighted by Crippen LogP contribution is 2.49. The maximum absolute atomic E-state index is 6.27. The van der Waals surface area contributed by atoms with Gasteiger partial charge < -0.3 is 19.3 Å². The van der Waals surface area contributed by atoms with Crippen LogP contribution in [0.4, 0.5) is 34.1 Å². The van der Waals surface area contributed by atoms with Gasteiger partial charge in [0.1, 0.15) is 13.2 Å². The first-order valence-corrected chi connectivity index (χ1v) is 26.0. The second kappa shape index (κ2) is 17.1. The fraction of sp³-hybridized carbons (Fsp3) is 0.284. The molecule has 0 bridgehead atoms. The highest BCUT2D eigenvalue weighted by molar-refractivity contribution is 7.00. The number of benzene rings is 8. The van der Waals surface area contributed by atoms with Gasteiger partial charge in [-0.2, -0.15) is 0 Å². The molecule has 0 aromatic heterocycles. The number of rotatable bonds is 5. The number of nitrogens with zero attached hydrogens (tertiary/aromatic N) is 2. The minimum absolute atomic E-state index is 0.0394. The molecule has 0 N–H and O–H groups in total. The molecule has 4 nitrogen and oxygen atoms in total. The molecule has 0 spiro atoms. The Kier molecular flexibility index (Phi) is 11.2. The molecule has 11 rings (SSSR count). The predicted octanol–water partition coefficient (Wildman–Crippen LogP) is 16.0. The molecule has 8 aromatic carbocycles. The lowest BCUT2D eigenvalue weighted by Gasteiger charge is -2.45. The highest BCUT2D eigenvalue weighted by Gasteiger charge is 2.44. The van der Waals surface area contributed by atoms with Crippen molar-refractivity contribution in [2.75, 3.05) is 23.0 Å². The first kappa shape index (κ1) is 47.4. The zero-order valence-corrected chi connectivity index (χ0v) is 44.7. The lowest BCUT2D eigenvalue weighted by Crippen LogP contribution is -2.61. The van der Waals surface area contributed by atoms with Crippen LogP contribution in [0.2, 0.25) is 0 Å². The van der Waals surface area contributed by atoms with Crippen molar-refractivity contribution in [2.24, 2.45) is 0 Å². The molecule has 3 heterocycles. The summed E-state index contributed by atoms with van der Waals surface area (Å²) in [6.07, 6.45) is 0. The molecule has 0 fully saturated rings. The van der Waals surface area contributed by atoms with E-state index in [0.717, 1.165) is 22.9 Å². The Hall–Kier alpha value is -6.98. The molecule has 8 aromatic rings. The molecule has 3 aliphatic heterocycles. The van der Waals surface area contributed by atoms with Crippen molar-refractivity contribution in [1.82, 2.24) is 0 Å². The van der Waals surface area contributed by atoms with E-state index in [9.17, 15) is 0 Å². The average molecular weight is 945 g/mol. The van der Waals surface area contributed by atoms with Gasteiger partial charge in [0.25, 0.3) is 6.71 Å².